The minimum atomic E-state index is -2.07. The van der Waals surface area contributed by atoms with Crippen LogP contribution in [0, 0.1) is 0 Å². The van der Waals surface area contributed by atoms with Gasteiger partial charge in [-0.3, -0.25) is 19.3 Å². The Balaban J connectivity index is 1.46. The molecule has 2 aromatic carbocycles. The Hall–Kier alpha value is -3.43. The Bertz CT molecular complexity index is 1510. The zero-order valence-corrected chi connectivity index (χ0v) is 24.4. The molecule has 13 nitrogen and oxygen atoms in total. The molecule has 0 saturated carbocycles. The number of ketones is 3. The van der Waals surface area contributed by atoms with Crippen molar-refractivity contribution >= 4 is 17.3 Å². The highest BCUT2D eigenvalue weighted by molar-refractivity contribution is 6.31. The molecule has 2 aliphatic carbocycles. The summed E-state index contributed by atoms with van der Waals surface area (Å²) in [7, 11) is 1.35. The fourth-order valence-electron chi connectivity index (χ4n) is 6.71. The first-order valence-corrected chi connectivity index (χ1v) is 14.6. The Kier molecular flexibility index (Phi) is 7.99. The summed E-state index contributed by atoms with van der Waals surface area (Å²) in [5.41, 5.74) is 2.98. The topological polar surface area (TPSA) is 198 Å². The number of phenols is 2. The first-order chi connectivity index (χ1) is 20.9. The molecule has 0 aromatic heterocycles. The summed E-state index contributed by atoms with van der Waals surface area (Å²) in [5, 5.41) is 45.5. The Morgan fingerprint density at radius 2 is 1.82 bits per heavy atom. The zero-order valence-electron chi connectivity index (χ0n) is 24.4. The highest BCUT2D eigenvalue weighted by Crippen LogP contribution is 2.52. The number of benzene rings is 2. The van der Waals surface area contributed by atoms with Gasteiger partial charge < -0.3 is 45.1 Å². The standard InChI is InChI=1S/C31H36N2O11/c1-14-26(35)17(32)10-21(43-14)44-19-12-31(40,20(34)13-33-6-8-42-9-7-33)11-16-23(19)30(39)25-24(28(16)37)27(36)15-4-3-5-18(41-2)22(15)29(25)38/h3-5,14,17,19,21,26,35,37,39-40H,6-13,32H2,1-2H3/t14-,17-,19-,21-,26+,31-/m0/s1. The van der Waals surface area contributed by atoms with E-state index in [-0.39, 0.29) is 47.4 Å². The van der Waals surface area contributed by atoms with E-state index in [1.165, 1.54) is 25.3 Å². The number of Topliss-reactive ketones (excluding diaryl/α,β-unsaturated/α-hetero) is 1. The van der Waals surface area contributed by atoms with Gasteiger partial charge in [0.25, 0.3) is 0 Å². The second kappa shape index (κ2) is 11.5. The van der Waals surface area contributed by atoms with Gasteiger partial charge in [0.2, 0.25) is 5.78 Å². The van der Waals surface area contributed by atoms with Crippen LogP contribution in [0.25, 0.3) is 0 Å². The molecule has 44 heavy (non-hydrogen) atoms. The third-order valence-corrected chi connectivity index (χ3v) is 9.13. The van der Waals surface area contributed by atoms with Gasteiger partial charge >= 0.3 is 0 Å². The van der Waals surface area contributed by atoms with Crippen LogP contribution >= 0.6 is 0 Å². The summed E-state index contributed by atoms with van der Waals surface area (Å²) in [6, 6.07) is 3.76. The van der Waals surface area contributed by atoms with E-state index in [4.69, 9.17) is 24.7 Å². The zero-order chi connectivity index (χ0) is 31.5. The lowest BCUT2D eigenvalue weighted by molar-refractivity contribution is -0.247. The van der Waals surface area contributed by atoms with Crippen LogP contribution in [0.15, 0.2) is 18.2 Å². The second-order valence-electron chi connectivity index (χ2n) is 11.9. The molecule has 6 N–H and O–H groups in total. The Morgan fingerprint density at radius 1 is 1.11 bits per heavy atom. The molecule has 236 valence electrons. The van der Waals surface area contributed by atoms with Crippen LogP contribution in [0.5, 0.6) is 17.2 Å². The third kappa shape index (κ3) is 4.98. The number of aliphatic hydroxyl groups is 2. The summed E-state index contributed by atoms with van der Waals surface area (Å²) in [6.07, 6.45) is -4.68. The van der Waals surface area contributed by atoms with Crippen molar-refractivity contribution in [3.63, 3.8) is 0 Å². The summed E-state index contributed by atoms with van der Waals surface area (Å²) < 4.78 is 22.7. The molecule has 0 amide bonds. The third-order valence-electron chi connectivity index (χ3n) is 9.13. The number of morpholine rings is 1. The van der Waals surface area contributed by atoms with Gasteiger partial charge in [0, 0.05) is 55.1 Å². The normalized spacial score (nSPS) is 30.3. The van der Waals surface area contributed by atoms with Gasteiger partial charge in [-0.1, -0.05) is 12.1 Å². The number of hydrogen-bond acceptors (Lipinski definition) is 13. The summed E-state index contributed by atoms with van der Waals surface area (Å²) in [5.74, 6) is -3.12. The van der Waals surface area contributed by atoms with E-state index < -0.39 is 82.6 Å². The van der Waals surface area contributed by atoms with Gasteiger partial charge in [-0.2, -0.15) is 0 Å². The van der Waals surface area contributed by atoms with Crippen LogP contribution in [0.4, 0.5) is 0 Å². The average Bonchev–Trinajstić information content (AvgIpc) is 3.00. The number of phenolic OH excluding ortho intramolecular Hbond substituents is 2. The lowest BCUT2D eigenvalue weighted by Crippen LogP contribution is -2.54. The van der Waals surface area contributed by atoms with Crippen molar-refractivity contribution in [2.45, 2.75) is 62.4 Å². The molecule has 0 bridgehead atoms. The van der Waals surface area contributed by atoms with Crippen molar-refractivity contribution in [3.8, 4) is 17.2 Å². The number of nitrogens with zero attached hydrogens (tertiary/aromatic N) is 1. The maximum absolute atomic E-state index is 13.8. The summed E-state index contributed by atoms with van der Waals surface area (Å²) >= 11 is 0. The predicted octanol–water partition coefficient (Wildman–Crippen LogP) is 0.341. The highest BCUT2D eigenvalue weighted by atomic mass is 16.7. The van der Waals surface area contributed by atoms with E-state index in [1.54, 1.807) is 6.92 Å². The molecule has 0 spiro atoms. The molecule has 2 aliphatic heterocycles. The van der Waals surface area contributed by atoms with Crippen LogP contribution in [-0.4, -0.2) is 113 Å². The number of nitrogens with two attached hydrogens (primary N) is 1. The summed E-state index contributed by atoms with van der Waals surface area (Å²) in [6.45, 7) is 3.38. The molecule has 2 aromatic rings. The molecule has 13 heteroatoms. The number of carbonyl (C=O) groups excluding carboxylic acids is 3. The minimum absolute atomic E-state index is 0.0177. The Labute approximate surface area is 253 Å². The molecule has 0 radical (unpaired) electrons. The fourth-order valence-corrected chi connectivity index (χ4v) is 6.71. The van der Waals surface area contributed by atoms with Crippen molar-refractivity contribution in [2.24, 2.45) is 5.73 Å². The lowest BCUT2D eigenvalue weighted by atomic mass is 9.71. The average molecular weight is 613 g/mol. The number of aromatic hydroxyl groups is 2. The highest BCUT2D eigenvalue weighted by Gasteiger charge is 2.50. The van der Waals surface area contributed by atoms with Crippen LogP contribution in [-0.2, 0) is 25.4 Å². The molecule has 6 atom stereocenters. The predicted molar refractivity (Wildman–Crippen MR) is 152 cm³/mol. The minimum Gasteiger partial charge on any atom is -0.507 e. The second-order valence-corrected chi connectivity index (χ2v) is 11.9. The fraction of sp³-hybridized carbons (Fsp3) is 0.516. The van der Waals surface area contributed by atoms with E-state index in [0.717, 1.165) is 0 Å². The van der Waals surface area contributed by atoms with E-state index in [0.29, 0.717) is 26.3 Å². The number of carbonyl (C=O) groups is 3. The molecule has 6 rings (SSSR count). The quantitative estimate of drug-likeness (QED) is 0.239. The maximum atomic E-state index is 13.8. The Morgan fingerprint density at radius 3 is 2.50 bits per heavy atom. The molecular weight excluding hydrogens is 576 g/mol. The molecule has 2 fully saturated rings. The molecule has 2 heterocycles. The van der Waals surface area contributed by atoms with Crippen molar-refractivity contribution in [3.05, 3.63) is 51.6 Å². The molecule has 2 saturated heterocycles. The van der Waals surface area contributed by atoms with Gasteiger partial charge in [-0.05, 0) is 13.0 Å². The summed E-state index contributed by atoms with van der Waals surface area (Å²) in [4.78, 5) is 43.1. The van der Waals surface area contributed by atoms with Gasteiger partial charge in [0.15, 0.2) is 17.9 Å². The lowest BCUT2D eigenvalue weighted by Gasteiger charge is -2.42. The van der Waals surface area contributed by atoms with Gasteiger partial charge in [0.05, 0.1) is 61.9 Å². The largest absolute Gasteiger partial charge is 0.507 e. The number of aliphatic hydroxyl groups excluding tert-OH is 1. The molecule has 4 aliphatic rings. The number of fused-ring (bicyclic) bond motifs is 3. The number of hydrogen-bond donors (Lipinski definition) is 5. The van der Waals surface area contributed by atoms with Crippen LogP contribution in [0.3, 0.4) is 0 Å². The van der Waals surface area contributed by atoms with Crippen LogP contribution in [0.1, 0.15) is 68.8 Å². The molecular formula is C31H36N2O11. The number of rotatable bonds is 6. The van der Waals surface area contributed by atoms with E-state index in [1.807, 2.05) is 4.90 Å². The smallest absolute Gasteiger partial charge is 0.202 e. The molecule has 0 unspecified atom stereocenters. The van der Waals surface area contributed by atoms with Crippen molar-refractivity contribution < 1.29 is 53.8 Å². The number of ether oxygens (including phenoxy) is 4. The van der Waals surface area contributed by atoms with Crippen molar-refractivity contribution in [1.82, 2.24) is 4.90 Å². The van der Waals surface area contributed by atoms with E-state index in [9.17, 15) is 34.8 Å². The van der Waals surface area contributed by atoms with Crippen molar-refractivity contribution in [2.75, 3.05) is 40.0 Å². The van der Waals surface area contributed by atoms with Gasteiger partial charge in [0.1, 0.15) is 22.8 Å². The maximum Gasteiger partial charge on any atom is 0.202 e. The monoisotopic (exact) mass is 612 g/mol. The van der Waals surface area contributed by atoms with E-state index >= 15 is 0 Å². The van der Waals surface area contributed by atoms with Gasteiger partial charge in [-0.15, -0.1) is 0 Å². The van der Waals surface area contributed by atoms with Crippen LogP contribution in [0.2, 0.25) is 0 Å². The number of methoxy groups -OCH3 is 1. The van der Waals surface area contributed by atoms with E-state index in [2.05, 4.69) is 0 Å². The van der Waals surface area contributed by atoms with Crippen molar-refractivity contribution in [1.29, 1.82) is 0 Å². The van der Waals surface area contributed by atoms with Crippen LogP contribution < -0.4 is 10.5 Å². The SMILES string of the molecule is COc1cccc2c1C(=O)c1c(O)c3c(c(O)c1C2=O)C[C@@](O)(C(=O)CN1CCOCC1)C[C@@H]3O[C@H]1C[C@H](N)[C@H](O)[C@H](C)O1. The first kappa shape index (κ1) is 30.6. The van der Waals surface area contributed by atoms with Gasteiger partial charge in [-0.25, -0.2) is 0 Å². The first-order valence-electron chi connectivity index (χ1n) is 14.6.